The van der Waals surface area contributed by atoms with Crippen LogP contribution < -0.4 is 0 Å². The standard InChI is InChI=1S/C15H26O5/c16-14-10-13-17-19-15(20-18-14)11-8-6-4-2-1-3-5-7-9-12-15/h1-13H2. The van der Waals surface area contributed by atoms with Gasteiger partial charge >= 0.3 is 5.97 Å². The summed E-state index contributed by atoms with van der Waals surface area (Å²) in [5.41, 5.74) is 0. The van der Waals surface area contributed by atoms with Gasteiger partial charge in [0.05, 0.1) is 13.0 Å². The molecule has 5 heteroatoms. The molecule has 1 heterocycles. The molecule has 0 amide bonds. The van der Waals surface area contributed by atoms with Gasteiger partial charge in [0.25, 0.3) is 0 Å². The van der Waals surface area contributed by atoms with Gasteiger partial charge in [-0.15, -0.1) is 4.89 Å². The Bertz CT molecular complexity index is 280. The lowest BCUT2D eigenvalue weighted by molar-refractivity contribution is -0.508. The van der Waals surface area contributed by atoms with Gasteiger partial charge in [0, 0.05) is 12.8 Å². The molecule has 2 rings (SSSR count). The van der Waals surface area contributed by atoms with E-state index in [1.54, 1.807) is 0 Å². The van der Waals surface area contributed by atoms with Crippen molar-refractivity contribution in [3.63, 3.8) is 0 Å². The number of carbonyl (C=O) groups excluding carboxylic acids is 1. The van der Waals surface area contributed by atoms with Gasteiger partial charge in [0.2, 0.25) is 5.79 Å². The Labute approximate surface area is 120 Å². The second kappa shape index (κ2) is 8.60. The predicted octanol–water partition coefficient (Wildman–Crippen LogP) is 3.81. The largest absolute Gasteiger partial charge is 0.344 e. The Morgan fingerprint density at radius 3 is 1.90 bits per heavy atom. The smallest absolute Gasteiger partial charge is 0.295 e. The van der Waals surface area contributed by atoms with Crippen LogP contribution in [0.2, 0.25) is 0 Å². The first-order valence-electron chi connectivity index (χ1n) is 8.00. The van der Waals surface area contributed by atoms with Gasteiger partial charge < -0.3 is 0 Å². The van der Waals surface area contributed by atoms with Crippen LogP contribution in [-0.4, -0.2) is 18.4 Å². The molecule has 1 spiro atoms. The second-order valence-electron chi connectivity index (χ2n) is 5.79. The summed E-state index contributed by atoms with van der Waals surface area (Å²) in [4.78, 5) is 32.1. The third kappa shape index (κ3) is 5.38. The van der Waals surface area contributed by atoms with Gasteiger partial charge in [0.1, 0.15) is 0 Å². The number of rotatable bonds is 0. The van der Waals surface area contributed by atoms with E-state index in [9.17, 15) is 4.79 Å². The summed E-state index contributed by atoms with van der Waals surface area (Å²) >= 11 is 0. The third-order valence-electron chi connectivity index (χ3n) is 4.00. The van der Waals surface area contributed by atoms with E-state index < -0.39 is 11.8 Å². The molecule has 1 saturated heterocycles. The quantitative estimate of drug-likeness (QED) is 0.634. The van der Waals surface area contributed by atoms with Crippen LogP contribution in [0.15, 0.2) is 0 Å². The van der Waals surface area contributed by atoms with Crippen molar-refractivity contribution < 1.29 is 24.3 Å². The molecule has 0 N–H and O–H groups in total. The summed E-state index contributed by atoms with van der Waals surface area (Å²) in [6, 6.07) is 0. The highest BCUT2D eigenvalue weighted by molar-refractivity contribution is 5.68. The molecule has 0 atom stereocenters. The highest BCUT2D eigenvalue weighted by Crippen LogP contribution is 2.31. The molecule has 2 aliphatic rings. The summed E-state index contributed by atoms with van der Waals surface area (Å²) in [5.74, 6) is -1.30. The summed E-state index contributed by atoms with van der Waals surface area (Å²) in [5, 5.41) is 0. The molecule has 1 aliphatic heterocycles. The summed E-state index contributed by atoms with van der Waals surface area (Å²) < 4.78 is 0. The first-order chi connectivity index (χ1) is 9.81. The van der Waals surface area contributed by atoms with Crippen molar-refractivity contribution in [3.05, 3.63) is 0 Å². The van der Waals surface area contributed by atoms with E-state index in [-0.39, 0.29) is 13.0 Å². The first-order valence-corrected chi connectivity index (χ1v) is 8.00. The number of hydrogen-bond donors (Lipinski definition) is 0. The van der Waals surface area contributed by atoms with Gasteiger partial charge in [-0.3, -0.25) is 4.89 Å². The van der Waals surface area contributed by atoms with Crippen LogP contribution in [0.5, 0.6) is 0 Å². The van der Waals surface area contributed by atoms with E-state index in [2.05, 4.69) is 0 Å². The van der Waals surface area contributed by atoms with Gasteiger partial charge in [0.15, 0.2) is 0 Å². The van der Waals surface area contributed by atoms with E-state index in [1.807, 2.05) is 0 Å². The minimum atomic E-state index is -0.907. The minimum absolute atomic E-state index is 0.163. The molecule has 0 aromatic rings. The lowest BCUT2D eigenvalue weighted by Gasteiger charge is -2.31. The Kier molecular flexibility index (Phi) is 6.76. The van der Waals surface area contributed by atoms with E-state index in [0.717, 1.165) is 25.7 Å². The van der Waals surface area contributed by atoms with Crippen molar-refractivity contribution in [1.82, 2.24) is 0 Å². The maximum Gasteiger partial charge on any atom is 0.344 e. The summed E-state index contributed by atoms with van der Waals surface area (Å²) in [7, 11) is 0. The zero-order chi connectivity index (χ0) is 14.1. The number of hydrogen-bond acceptors (Lipinski definition) is 5. The molecular weight excluding hydrogens is 260 g/mol. The Morgan fingerprint density at radius 1 is 0.750 bits per heavy atom. The van der Waals surface area contributed by atoms with Gasteiger partial charge in [-0.1, -0.05) is 44.9 Å². The van der Waals surface area contributed by atoms with Crippen molar-refractivity contribution >= 4 is 5.97 Å². The van der Waals surface area contributed by atoms with Crippen LogP contribution >= 0.6 is 0 Å². The van der Waals surface area contributed by atoms with Crippen molar-refractivity contribution in [3.8, 4) is 0 Å². The average molecular weight is 286 g/mol. The molecule has 0 aromatic carbocycles. The van der Waals surface area contributed by atoms with E-state index in [1.165, 1.54) is 32.1 Å². The fourth-order valence-corrected chi connectivity index (χ4v) is 2.77. The summed E-state index contributed by atoms with van der Waals surface area (Å²) in [6.07, 6.45) is 12.3. The second-order valence-corrected chi connectivity index (χ2v) is 5.79. The Morgan fingerprint density at radius 2 is 1.30 bits per heavy atom. The van der Waals surface area contributed by atoms with Crippen LogP contribution in [0.25, 0.3) is 0 Å². The molecule has 2 fully saturated rings. The monoisotopic (exact) mass is 286 g/mol. The molecule has 0 aromatic heterocycles. The fourth-order valence-electron chi connectivity index (χ4n) is 2.77. The Hall–Kier alpha value is -0.650. The van der Waals surface area contributed by atoms with Crippen molar-refractivity contribution in [1.29, 1.82) is 0 Å². The fraction of sp³-hybridized carbons (Fsp3) is 0.933. The van der Waals surface area contributed by atoms with Crippen LogP contribution in [-0.2, 0) is 24.3 Å². The molecule has 0 bridgehead atoms. The number of carbonyl (C=O) groups is 1. The molecule has 20 heavy (non-hydrogen) atoms. The van der Waals surface area contributed by atoms with E-state index in [0.29, 0.717) is 12.8 Å². The summed E-state index contributed by atoms with van der Waals surface area (Å²) in [6.45, 7) is 0.226. The molecule has 0 unspecified atom stereocenters. The normalized spacial score (nSPS) is 26.7. The lowest BCUT2D eigenvalue weighted by Crippen LogP contribution is -2.39. The van der Waals surface area contributed by atoms with Crippen LogP contribution in [0.1, 0.15) is 77.0 Å². The highest BCUT2D eigenvalue weighted by atomic mass is 17.3. The molecule has 1 saturated carbocycles. The highest BCUT2D eigenvalue weighted by Gasteiger charge is 2.37. The molecule has 1 aliphatic carbocycles. The minimum Gasteiger partial charge on any atom is -0.295 e. The predicted molar refractivity (Wildman–Crippen MR) is 72.3 cm³/mol. The maximum absolute atomic E-state index is 11.4. The molecule has 116 valence electrons. The van der Waals surface area contributed by atoms with E-state index >= 15 is 0 Å². The first kappa shape index (κ1) is 15.7. The molecule has 5 nitrogen and oxygen atoms in total. The van der Waals surface area contributed by atoms with Crippen LogP contribution in [0.3, 0.4) is 0 Å². The van der Waals surface area contributed by atoms with Crippen molar-refractivity contribution in [2.45, 2.75) is 82.8 Å². The van der Waals surface area contributed by atoms with Crippen molar-refractivity contribution in [2.75, 3.05) is 6.61 Å². The third-order valence-corrected chi connectivity index (χ3v) is 4.00. The van der Waals surface area contributed by atoms with Crippen LogP contribution in [0.4, 0.5) is 0 Å². The van der Waals surface area contributed by atoms with Crippen molar-refractivity contribution in [2.24, 2.45) is 0 Å². The average Bonchev–Trinajstić information content (AvgIpc) is 2.42. The molecule has 0 radical (unpaired) electrons. The lowest BCUT2D eigenvalue weighted by atomic mass is 9.97. The maximum atomic E-state index is 11.4. The Balaban J connectivity index is 1.92. The van der Waals surface area contributed by atoms with Gasteiger partial charge in [-0.2, -0.15) is 4.89 Å². The molecular formula is C15H26O5. The SMILES string of the molecule is O=C1CCOOC2(CCCCCCCCCCC2)OO1. The van der Waals surface area contributed by atoms with Gasteiger partial charge in [-0.25, -0.2) is 9.68 Å². The zero-order valence-corrected chi connectivity index (χ0v) is 12.2. The van der Waals surface area contributed by atoms with E-state index in [4.69, 9.17) is 19.6 Å². The topological polar surface area (TPSA) is 54.0 Å². The van der Waals surface area contributed by atoms with Crippen LogP contribution in [0, 0.1) is 0 Å². The zero-order valence-electron chi connectivity index (χ0n) is 12.2. The van der Waals surface area contributed by atoms with Gasteiger partial charge in [-0.05, 0) is 12.8 Å².